The van der Waals surface area contributed by atoms with E-state index in [1.165, 1.54) is 0 Å². The minimum absolute atomic E-state index is 0.0610. The first-order chi connectivity index (χ1) is 16.5. The number of nitrogens with two attached hydrogens (primary N) is 1. The van der Waals surface area contributed by atoms with Gasteiger partial charge in [-0.25, -0.2) is 9.97 Å². The van der Waals surface area contributed by atoms with Crippen molar-refractivity contribution in [3.63, 3.8) is 0 Å². The molecule has 0 radical (unpaired) electrons. The zero-order valence-electron chi connectivity index (χ0n) is 20.2. The predicted octanol–water partition coefficient (Wildman–Crippen LogP) is 3.32. The third-order valence-electron chi connectivity index (χ3n) is 6.86. The maximum Gasteiger partial charge on any atom is 0.260 e. The van der Waals surface area contributed by atoms with Crippen molar-refractivity contribution in [2.75, 3.05) is 16.3 Å². The molecule has 0 bridgehead atoms. The summed E-state index contributed by atoms with van der Waals surface area (Å²) in [5, 5.41) is 8.75. The lowest BCUT2D eigenvalue weighted by molar-refractivity contribution is 0.0996. The first-order valence-corrected chi connectivity index (χ1v) is 12.3. The number of anilines is 2. The Bertz CT molecular complexity index is 1220. The van der Waals surface area contributed by atoms with Gasteiger partial charge in [0.2, 0.25) is 0 Å². The molecular weight excluding hydrogens is 428 g/mol. The summed E-state index contributed by atoms with van der Waals surface area (Å²) in [6.45, 7) is 8.91. The number of aromatic nitrogens is 5. The largest absolute Gasteiger partial charge is 0.354 e. The molecule has 1 atom stereocenters. The van der Waals surface area contributed by atoms with Crippen LogP contribution in [0.1, 0.15) is 67.5 Å². The quantitative estimate of drug-likeness (QED) is 0.576. The summed E-state index contributed by atoms with van der Waals surface area (Å²) in [4.78, 5) is 27.2. The Hall–Kier alpha value is -3.33. The molecule has 2 aliphatic heterocycles. The van der Waals surface area contributed by atoms with E-state index < -0.39 is 0 Å². The number of fused-ring (bicyclic) bond motifs is 1. The van der Waals surface area contributed by atoms with Crippen LogP contribution < -0.4 is 15.5 Å². The fourth-order valence-electron chi connectivity index (χ4n) is 5.07. The molecule has 0 unspecified atom stereocenters. The number of aryl methyl sites for hydroxylation is 1. The van der Waals surface area contributed by atoms with Crippen molar-refractivity contribution in [2.24, 2.45) is 5.73 Å². The molecule has 3 aromatic rings. The molecule has 0 aromatic carbocycles. The number of carbonyl (C=O) groups is 1. The molecular formula is C25H32N8O. The van der Waals surface area contributed by atoms with Crippen LogP contribution in [0.3, 0.4) is 0 Å². The van der Waals surface area contributed by atoms with Crippen molar-refractivity contribution in [3.05, 3.63) is 46.9 Å². The fraction of sp³-hybridized carbons (Fsp3) is 0.480. The van der Waals surface area contributed by atoms with Crippen LogP contribution in [0.5, 0.6) is 0 Å². The first-order valence-electron chi connectivity index (χ1n) is 12.3. The SMILES string of the molecule is CCCn1c(CC)nnc1-c1cccc(N2Cc3c(cc(N4CCC[C@H]4C)nc3CN)C2=O)n1. The van der Waals surface area contributed by atoms with Crippen LogP contribution in [0.2, 0.25) is 0 Å². The van der Waals surface area contributed by atoms with Gasteiger partial charge in [0.05, 0.1) is 17.8 Å². The van der Waals surface area contributed by atoms with Gasteiger partial charge in [-0.1, -0.05) is 19.9 Å². The standard InChI is InChI=1S/C25H32N8O/c1-4-11-32-21(5-2)29-30-24(32)19-9-6-10-22(27-19)33-15-18-17(25(33)34)13-23(28-20(18)14-26)31-12-7-8-16(31)3/h6,9-10,13,16H,4-5,7-8,11-12,14-15,26H2,1-3H3/t16-/m1/s1. The second-order valence-corrected chi connectivity index (χ2v) is 9.06. The Balaban J connectivity index is 1.50. The van der Waals surface area contributed by atoms with Crippen LogP contribution >= 0.6 is 0 Å². The van der Waals surface area contributed by atoms with E-state index in [9.17, 15) is 4.79 Å². The summed E-state index contributed by atoms with van der Waals surface area (Å²) in [6.07, 6.45) is 4.05. The average Bonchev–Trinajstić information content (AvgIpc) is 3.56. The minimum Gasteiger partial charge on any atom is -0.354 e. The third kappa shape index (κ3) is 3.73. The minimum atomic E-state index is -0.0610. The monoisotopic (exact) mass is 460 g/mol. The zero-order valence-corrected chi connectivity index (χ0v) is 20.2. The van der Waals surface area contributed by atoms with Gasteiger partial charge in [-0.15, -0.1) is 10.2 Å². The molecule has 178 valence electrons. The van der Waals surface area contributed by atoms with E-state index >= 15 is 0 Å². The van der Waals surface area contributed by atoms with Gasteiger partial charge < -0.3 is 15.2 Å². The molecule has 9 nitrogen and oxygen atoms in total. The highest BCUT2D eigenvalue weighted by Crippen LogP contribution is 2.34. The summed E-state index contributed by atoms with van der Waals surface area (Å²) >= 11 is 0. The number of hydrogen-bond acceptors (Lipinski definition) is 7. The first kappa shape index (κ1) is 22.5. The van der Waals surface area contributed by atoms with Crippen LogP contribution in [-0.4, -0.2) is 43.2 Å². The molecule has 2 aliphatic rings. The van der Waals surface area contributed by atoms with Crippen LogP contribution in [0.25, 0.3) is 11.5 Å². The van der Waals surface area contributed by atoms with Crippen LogP contribution in [-0.2, 0) is 26.1 Å². The second-order valence-electron chi connectivity index (χ2n) is 9.06. The van der Waals surface area contributed by atoms with E-state index in [1.807, 2.05) is 24.3 Å². The molecule has 1 saturated heterocycles. The van der Waals surface area contributed by atoms with E-state index in [1.54, 1.807) is 4.90 Å². The van der Waals surface area contributed by atoms with Crippen molar-refractivity contribution < 1.29 is 4.79 Å². The van der Waals surface area contributed by atoms with E-state index in [0.717, 1.165) is 67.5 Å². The second kappa shape index (κ2) is 9.13. The molecule has 3 aromatic heterocycles. The van der Waals surface area contributed by atoms with Crippen molar-refractivity contribution in [3.8, 4) is 11.5 Å². The van der Waals surface area contributed by atoms with Gasteiger partial charge in [-0.2, -0.15) is 0 Å². The smallest absolute Gasteiger partial charge is 0.260 e. The topological polar surface area (TPSA) is 106 Å². The van der Waals surface area contributed by atoms with E-state index in [0.29, 0.717) is 36.2 Å². The fourth-order valence-corrected chi connectivity index (χ4v) is 5.07. The summed E-state index contributed by atoms with van der Waals surface area (Å²) < 4.78 is 2.12. The molecule has 1 amide bonds. The van der Waals surface area contributed by atoms with Gasteiger partial charge in [0.15, 0.2) is 5.82 Å². The predicted molar refractivity (Wildman–Crippen MR) is 132 cm³/mol. The van der Waals surface area contributed by atoms with Gasteiger partial charge in [0.25, 0.3) is 5.91 Å². The number of nitrogens with zero attached hydrogens (tertiary/aromatic N) is 7. The Labute approximate surface area is 200 Å². The molecule has 5 rings (SSSR count). The highest BCUT2D eigenvalue weighted by Gasteiger charge is 2.34. The van der Waals surface area contributed by atoms with Crippen molar-refractivity contribution >= 4 is 17.5 Å². The molecule has 1 fully saturated rings. The zero-order chi connectivity index (χ0) is 23.8. The van der Waals surface area contributed by atoms with Gasteiger partial charge in [-0.3, -0.25) is 9.69 Å². The number of carbonyl (C=O) groups excluding carboxylic acids is 1. The third-order valence-corrected chi connectivity index (χ3v) is 6.86. The summed E-state index contributed by atoms with van der Waals surface area (Å²) in [5.41, 5.74) is 9.15. The normalized spacial score (nSPS) is 17.6. The lowest BCUT2D eigenvalue weighted by atomic mass is 10.1. The number of pyridine rings is 2. The maximum atomic E-state index is 13.5. The summed E-state index contributed by atoms with van der Waals surface area (Å²) in [5.74, 6) is 3.06. The number of hydrogen-bond donors (Lipinski definition) is 1. The number of amides is 1. The van der Waals surface area contributed by atoms with Crippen molar-refractivity contribution in [2.45, 2.75) is 72.1 Å². The molecule has 34 heavy (non-hydrogen) atoms. The number of rotatable bonds is 7. The highest BCUT2D eigenvalue weighted by molar-refractivity contribution is 6.10. The Morgan fingerprint density at radius 3 is 2.71 bits per heavy atom. The van der Waals surface area contributed by atoms with E-state index in [-0.39, 0.29) is 5.91 Å². The average molecular weight is 461 g/mol. The summed E-state index contributed by atoms with van der Waals surface area (Å²) in [6, 6.07) is 8.06. The Morgan fingerprint density at radius 1 is 1.15 bits per heavy atom. The van der Waals surface area contributed by atoms with Crippen LogP contribution in [0, 0.1) is 0 Å². The Morgan fingerprint density at radius 2 is 2.00 bits per heavy atom. The van der Waals surface area contributed by atoms with E-state index in [4.69, 9.17) is 15.7 Å². The molecule has 2 N–H and O–H groups in total. The highest BCUT2D eigenvalue weighted by atomic mass is 16.2. The lowest BCUT2D eigenvalue weighted by Crippen LogP contribution is -2.28. The molecule has 0 aliphatic carbocycles. The Kier molecular flexibility index (Phi) is 6.03. The van der Waals surface area contributed by atoms with Gasteiger partial charge in [-0.05, 0) is 44.4 Å². The van der Waals surface area contributed by atoms with Gasteiger partial charge in [0, 0.05) is 37.7 Å². The van der Waals surface area contributed by atoms with Crippen molar-refractivity contribution in [1.82, 2.24) is 24.7 Å². The van der Waals surface area contributed by atoms with Crippen LogP contribution in [0.4, 0.5) is 11.6 Å². The lowest BCUT2D eigenvalue weighted by Gasteiger charge is -2.23. The van der Waals surface area contributed by atoms with Gasteiger partial charge in [0.1, 0.15) is 23.2 Å². The van der Waals surface area contributed by atoms with Gasteiger partial charge >= 0.3 is 0 Å². The maximum absolute atomic E-state index is 13.5. The van der Waals surface area contributed by atoms with Crippen LogP contribution in [0.15, 0.2) is 24.3 Å². The molecule has 5 heterocycles. The molecule has 0 spiro atoms. The summed E-state index contributed by atoms with van der Waals surface area (Å²) in [7, 11) is 0. The van der Waals surface area contributed by atoms with E-state index in [2.05, 4.69) is 40.4 Å². The molecule has 9 heteroatoms. The van der Waals surface area contributed by atoms with Crippen molar-refractivity contribution in [1.29, 1.82) is 0 Å². The molecule has 0 saturated carbocycles.